The zero-order chi connectivity index (χ0) is 23.7. The molecule has 0 radical (unpaired) electrons. The maximum atomic E-state index is 9.78. The molecular formula is C26H53N3O3. The summed E-state index contributed by atoms with van der Waals surface area (Å²) >= 11 is 0. The van der Waals surface area contributed by atoms with Crippen LogP contribution in [0.15, 0.2) is 5.11 Å². The molecule has 0 aliphatic rings. The molecule has 32 heavy (non-hydrogen) atoms. The summed E-state index contributed by atoms with van der Waals surface area (Å²) in [4.78, 5) is 2.93. The standard InChI is InChI=1S/C26H53N3O3/c1-4-7-10-11-12-13-14-15-16-17-18-19-20-25(31-21-8-5-2)26(32-22-9-6-3)24(23-30)28-29-27/h24-26,30H,4-23H2,1-3H3/t24-,25+,26-/m0/s1. The van der Waals surface area contributed by atoms with E-state index < -0.39 is 6.04 Å². The van der Waals surface area contributed by atoms with Gasteiger partial charge in [0.2, 0.25) is 0 Å². The first-order valence-electron chi connectivity index (χ1n) is 13.6. The summed E-state index contributed by atoms with van der Waals surface area (Å²) in [6, 6.07) is -0.596. The van der Waals surface area contributed by atoms with Gasteiger partial charge in [-0.15, -0.1) is 0 Å². The molecule has 0 aromatic carbocycles. The minimum absolute atomic E-state index is 0.135. The van der Waals surface area contributed by atoms with Crippen LogP contribution in [0.2, 0.25) is 0 Å². The molecule has 0 aliphatic carbocycles. The molecule has 0 saturated carbocycles. The molecule has 0 fully saturated rings. The van der Waals surface area contributed by atoms with Gasteiger partial charge in [0.1, 0.15) is 0 Å². The number of nitrogens with zero attached hydrogens (tertiary/aromatic N) is 3. The van der Waals surface area contributed by atoms with E-state index in [0.717, 1.165) is 38.5 Å². The predicted molar refractivity (Wildman–Crippen MR) is 135 cm³/mol. The van der Waals surface area contributed by atoms with E-state index >= 15 is 0 Å². The van der Waals surface area contributed by atoms with E-state index in [-0.39, 0.29) is 18.8 Å². The van der Waals surface area contributed by atoms with Crippen molar-refractivity contribution in [3.63, 3.8) is 0 Å². The fourth-order valence-corrected chi connectivity index (χ4v) is 4.01. The Morgan fingerprint density at radius 2 is 1.16 bits per heavy atom. The van der Waals surface area contributed by atoms with Crippen molar-refractivity contribution >= 4 is 0 Å². The summed E-state index contributed by atoms with van der Waals surface area (Å²) in [6.07, 6.45) is 20.3. The van der Waals surface area contributed by atoms with Crippen molar-refractivity contribution in [3.8, 4) is 0 Å². The lowest BCUT2D eigenvalue weighted by molar-refractivity contribution is -0.0933. The smallest absolute Gasteiger partial charge is 0.0943 e. The van der Waals surface area contributed by atoms with Gasteiger partial charge in [-0.2, -0.15) is 0 Å². The van der Waals surface area contributed by atoms with Crippen molar-refractivity contribution in [1.29, 1.82) is 0 Å². The van der Waals surface area contributed by atoms with E-state index in [2.05, 4.69) is 30.8 Å². The summed E-state index contributed by atoms with van der Waals surface area (Å²) in [6.45, 7) is 7.61. The fraction of sp³-hybridized carbons (Fsp3) is 1.00. The minimum atomic E-state index is -0.596. The van der Waals surface area contributed by atoms with Gasteiger partial charge in [0.25, 0.3) is 0 Å². The molecule has 0 bridgehead atoms. The van der Waals surface area contributed by atoms with Crippen molar-refractivity contribution in [3.05, 3.63) is 10.4 Å². The van der Waals surface area contributed by atoms with Gasteiger partial charge in [0, 0.05) is 18.1 Å². The third kappa shape index (κ3) is 17.7. The molecule has 0 aromatic rings. The van der Waals surface area contributed by atoms with Gasteiger partial charge in [0.05, 0.1) is 24.9 Å². The van der Waals surface area contributed by atoms with Crippen LogP contribution >= 0.6 is 0 Å². The van der Waals surface area contributed by atoms with E-state index in [1.165, 1.54) is 70.6 Å². The van der Waals surface area contributed by atoms with Crippen LogP contribution in [0, 0.1) is 0 Å². The van der Waals surface area contributed by atoms with Gasteiger partial charge in [-0.1, -0.05) is 116 Å². The van der Waals surface area contributed by atoms with E-state index in [9.17, 15) is 5.11 Å². The second-order valence-corrected chi connectivity index (χ2v) is 9.08. The molecule has 190 valence electrons. The number of azide groups is 1. The first kappa shape index (κ1) is 31.2. The predicted octanol–water partition coefficient (Wildman–Crippen LogP) is 8.12. The highest BCUT2D eigenvalue weighted by molar-refractivity contribution is 4.84. The van der Waals surface area contributed by atoms with Crippen LogP contribution in [0.25, 0.3) is 10.4 Å². The fourth-order valence-electron chi connectivity index (χ4n) is 4.01. The summed E-state index contributed by atoms with van der Waals surface area (Å²) in [5.74, 6) is 0. The van der Waals surface area contributed by atoms with Crippen molar-refractivity contribution in [1.82, 2.24) is 0 Å². The van der Waals surface area contributed by atoms with Crippen LogP contribution in [0.5, 0.6) is 0 Å². The van der Waals surface area contributed by atoms with Gasteiger partial charge in [-0.05, 0) is 24.8 Å². The lowest BCUT2D eigenvalue weighted by Crippen LogP contribution is -2.42. The monoisotopic (exact) mass is 455 g/mol. The highest BCUT2D eigenvalue weighted by atomic mass is 16.5. The van der Waals surface area contributed by atoms with Crippen molar-refractivity contribution in [2.75, 3.05) is 19.8 Å². The number of ether oxygens (including phenoxy) is 2. The van der Waals surface area contributed by atoms with Crippen molar-refractivity contribution in [2.24, 2.45) is 5.11 Å². The lowest BCUT2D eigenvalue weighted by atomic mass is 9.99. The first-order valence-corrected chi connectivity index (χ1v) is 13.6. The largest absolute Gasteiger partial charge is 0.396 e. The number of hydrogen-bond acceptors (Lipinski definition) is 4. The lowest BCUT2D eigenvalue weighted by Gasteiger charge is -2.31. The van der Waals surface area contributed by atoms with Gasteiger partial charge in [-0.25, -0.2) is 0 Å². The number of hydrogen-bond donors (Lipinski definition) is 1. The summed E-state index contributed by atoms with van der Waals surface area (Å²) in [7, 11) is 0. The number of aliphatic hydroxyl groups is 1. The Bertz CT molecular complexity index is 431. The second kappa shape index (κ2) is 24.8. The molecule has 0 aliphatic heterocycles. The van der Waals surface area contributed by atoms with Crippen LogP contribution < -0.4 is 0 Å². The molecule has 6 heteroatoms. The molecule has 0 spiro atoms. The van der Waals surface area contributed by atoms with Crippen LogP contribution in [0.3, 0.4) is 0 Å². The topological polar surface area (TPSA) is 87.5 Å². The Hall–Kier alpha value is -0.810. The summed E-state index contributed by atoms with van der Waals surface area (Å²) in [5, 5.41) is 13.6. The highest BCUT2D eigenvalue weighted by Crippen LogP contribution is 2.20. The van der Waals surface area contributed by atoms with Crippen molar-refractivity contribution < 1.29 is 14.6 Å². The normalized spacial score (nSPS) is 14.1. The van der Waals surface area contributed by atoms with E-state index in [1.54, 1.807) is 0 Å². The molecule has 0 saturated heterocycles. The quantitative estimate of drug-likeness (QED) is 0.0652. The van der Waals surface area contributed by atoms with Gasteiger partial charge in [0.15, 0.2) is 0 Å². The zero-order valence-electron chi connectivity index (χ0n) is 21.5. The Morgan fingerprint density at radius 3 is 1.62 bits per heavy atom. The first-order chi connectivity index (χ1) is 15.7. The Morgan fingerprint density at radius 1 is 0.688 bits per heavy atom. The maximum absolute atomic E-state index is 9.78. The summed E-state index contributed by atoms with van der Waals surface area (Å²) < 4.78 is 12.3. The minimum Gasteiger partial charge on any atom is -0.396 e. The average molecular weight is 456 g/mol. The zero-order valence-corrected chi connectivity index (χ0v) is 21.5. The van der Waals surface area contributed by atoms with Gasteiger partial charge < -0.3 is 14.6 Å². The third-order valence-corrected chi connectivity index (χ3v) is 6.11. The Kier molecular flexibility index (Phi) is 24.2. The molecular weight excluding hydrogens is 402 g/mol. The molecule has 0 rings (SSSR count). The van der Waals surface area contributed by atoms with E-state index in [0.29, 0.717) is 13.2 Å². The number of aliphatic hydroxyl groups excluding tert-OH is 1. The molecule has 1 N–H and O–H groups in total. The Balaban J connectivity index is 4.39. The van der Waals surface area contributed by atoms with Gasteiger partial charge in [-0.3, -0.25) is 0 Å². The molecule has 0 amide bonds. The molecule has 0 aromatic heterocycles. The van der Waals surface area contributed by atoms with Crippen LogP contribution in [-0.4, -0.2) is 43.2 Å². The van der Waals surface area contributed by atoms with Crippen molar-refractivity contribution in [2.45, 2.75) is 148 Å². The average Bonchev–Trinajstić information content (AvgIpc) is 2.80. The van der Waals surface area contributed by atoms with E-state index in [4.69, 9.17) is 15.0 Å². The number of unbranched alkanes of at least 4 members (excludes halogenated alkanes) is 13. The molecule has 6 nitrogen and oxygen atoms in total. The summed E-state index contributed by atoms with van der Waals surface area (Å²) in [5.41, 5.74) is 8.92. The van der Waals surface area contributed by atoms with Crippen LogP contribution in [0.4, 0.5) is 0 Å². The second-order valence-electron chi connectivity index (χ2n) is 9.08. The van der Waals surface area contributed by atoms with Crippen LogP contribution in [0.1, 0.15) is 130 Å². The molecule has 0 heterocycles. The Labute approximate surface area is 198 Å². The van der Waals surface area contributed by atoms with Crippen LogP contribution in [-0.2, 0) is 9.47 Å². The molecule has 0 unspecified atom stereocenters. The highest BCUT2D eigenvalue weighted by Gasteiger charge is 2.30. The molecule has 3 atom stereocenters. The maximum Gasteiger partial charge on any atom is 0.0943 e. The third-order valence-electron chi connectivity index (χ3n) is 6.11. The SMILES string of the molecule is CCCCCCCCCCCCCC[C@@H](OCCCC)[C@@H](OCCCC)[C@H](CO)N=[N+]=[N-]. The number of rotatable bonds is 25. The van der Waals surface area contributed by atoms with E-state index in [1.807, 2.05) is 0 Å². The van der Waals surface area contributed by atoms with Gasteiger partial charge >= 0.3 is 0 Å².